The highest BCUT2D eigenvalue weighted by Crippen LogP contribution is 2.45. The van der Waals surface area contributed by atoms with E-state index in [2.05, 4.69) is 21.1 Å². The molecule has 4 aromatic rings. The van der Waals surface area contributed by atoms with Crippen LogP contribution < -0.4 is 21.7 Å². The average Bonchev–Trinajstić information content (AvgIpc) is 2.86. The predicted molar refractivity (Wildman–Crippen MR) is 138 cm³/mol. The fourth-order valence-corrected chi connectivity index (χ4v) is 4.88. The van der Waals surface area contributed by atoms with Crippen LogP contribution in [0.4, 0.5) is 34.1 Å². The summed E-state index contributed by atoms with van der Waals surface area (Å²) in [5, 5.41) is 31.0. The zero-order valence-corrected chi connectivity index (χ0v) is 21.0. The van der Waals surface area contributed by atoms with E-state index in [0.717, 1.165) is 24.3 Å². The van der Waals surface area contributed by atoms with Crippen molar-refractivity contribution in [1.29, 1.82) is 0 Å². The molecule has 0 fully saturated rings. The van der Waals surface area contributed by atoms with Crippen molar-refractivity contribution in [3.05, 3.63) is 76.8 Å². The minimum Gasteiger partial charge on any atom is -0.871 e. The zero-order valence-electron chi connectivity index (χ0n) is 19.3. The number of nitro groups is 1. The van der Waals surface area contributed by atoms with Crippen molar-refractivity contribution in [1.82, 2.24) is 0 Å². The van der Waals surface area contributed by atoms with Crippen LogP contribution in [0.25, 0.3) is 10.8 Å². The fraction of sp³-hybridized carbons (Fsp3) is 0. The summed E-state index contributed by atoms with van der Waals surface area (Å²) in [6.07, 6.45) is 0. The maximum Gasteiger partial charge on any atom is 0.296 e. The van der Waals surface area contributed by atoms with Gasteiger partial charge in [-0.25, -0.2) is 0 Å². The number of hydrogen-bond acceptors (Lipinski definition) is 12. The first-order chi connectivity index (χ1) is 18.3. The molecule has 0 amide bonds. The van der Waals surface area contributed by atoms with Gasteiger partial charge in [0.05, 0.1) is 27.7 Å². The van der Waals surface area contributed by atoms with E-state index in [9.17, 15) is 41.2 Å². The lowest BCUT2D eigenvalue weighted by Gasteiger charge is -2.23. The number of hydrogen-bond donors (Lipinski definition) is 5. The Morgan fingerprint density at radius 2 is 1.44 bits per heavy atom. The lowest BCUT2D eigenvalue weighted by molar-refractivity contribution is -0.384. The van der Waals surface area contributed by atoms with Gasteiger partial charge < -0.3 is 21.7 Å². The number of hydrazine groups is 1. The van der Waals surface area contributed by atoms with E-state index in [1.807, 2.05) is 0 Å². The monoisotopic (exact) mass is 573 g/mol. The molecule has 0 aliphatic heterocycles. The number of nitrogens with two attached hydrogens (primary N) is 1. The number of nitrogens with zero attached hydrogens (tertiary/aromatic N) is 3. The second-order valence-corrected chi connectivity index (χ2v) is 10.6. The van der Waals surface area contributed by atoms with Gasteiger partial charge in [-0.2, -0.15) is 21.9 Å². The molecule has 17 heteroatoms. The Labute approximate surface area is 220 Å². The van der Waals surface area contributed by atoms with Crippen LogP contribution >= 0.6 is 0 Å². The van der Waals surface area contributed by atoms with Crippen LogP contribution in [0.3, 0.4) is 0 Å². The van der Waals surface area contributed by atoms with Crippen LogP contribution in [0.5, 0.6) is 5.75 Å². The van der Waals surface area contributed by atoms with Gasteiger partial charge in [0.25, 0.3) is 25.9 Å². The van der Waals surface area contributed by atoms with Crippen molar-refractivity contribution in [2.75, 3.05) is 16.6 Å². The average molecular weight is 574 g/mol. The molecule has 0 saturated heterocycles. The van der Waals surface area contributed by atoms with Crippen LogP contribution in [0.15, 0.2) is 86.7 Å². The molecule has 0 aromatic heterocycles. The molecular formula is C22H17N6O9S2-. The van der Waals surface area contributed by atoms with E-state index >= 15 is 0 Å². The van der Waals surface area contributed by atoms with Crippen LogP contribution in [0.1, 0.15) is 0 Å². The number of para-hydroxylation sites is 1. The van der Waals surface area contributed by atoms with Crippen LogP contribution in [-0.4, -0.2) is 30.9 Å². The van der Waals surface area contributed by atoms with Gasteiger partial charge in [0.1, 0.15) is 15.5 Å². The summed E-state index contributed by atoms with van der Waals surface area (Å²) in [5.74, 6) is -1.06. The number of non-ortho nitro benzene ring substituents is 1. The van der Waals surface area contributed by atoms with Gasteiger partial charge in [0.2, 0.25) is 0 Å². The number of benzene rings is 4. The lowest BCUT2D eigenvalue weighted by Crippen LogP contribution is -2.15. The van der Waals surface area contributed by atoms with Gasteiger partial charge in [-0.3, -0.25) is 19.2 Å². The maximum absolute atomic E-state index is 13.4. The summed E-state index contributed by atoms with van der Waals surface area (Å²) in [6.45, 7) is 0. The van der Waals surface area contributed by atoms with Gasteiger partial charge in [-0.1, -0.05) is 23.9 Å². The molecular weight excluding hydrogens is 556 g/mol. The Balaban J connectivity index is 1.93. The van der Waals surface area contributed by atoms with Gasteiger partial charge in [-0.15, -0.1) is 5.11 Å². The second-order valence-electron chi connectivity index (χ2n) is 7.85. The molecule has 0 saturated carbocycles. The molecule has 0 bridgehead atoms. The van der Waals surface area contributed by atoms with Gasteiger partial charge in [-0.05, 0) is 41.8 Å². The maximum atomic E-state index is 13.4. The summed E-state index contributed by atoms with van der Waals surface area (Å²) >= 11 is 0. The first kappa shape index (κ1) is 27.2. The highest BCUT2D eigenvalue weighted by molar-refractivity contribution is 7.86. The first-order valence-corrected chi connectivity index (χ1v) is 13.4. The molecule has 0 heterocycles. The molecule has 202 valence electrons. The predicted octanol–water partition coefficient (Wildman–Crippen LogP) is 3.75. The topological polar surface area (TPSA) is 250 Å². The summed E-state index contributed by atoms with van der Waals surface area (Å²) in [6, 6.07) is 14.4. The first-order valence-electron chi connectivity index (χ1n) is 10.6. The molecule has 0 spiro atoms. The third-order valence-corrected chi connectivity index (χ3v) is 7.05. The number of nitrogen functional groups attached to an aromatic ring is 1. The molecule has 4 aromatic carbocycles. The second kappa shape index (κ2) is 10.1. The number of fused-ring (bicyclic) bond motifs is 1. The molecule has 0 unspecified atom stereocenters. The molecule has 0 atom stereocenters. The minimum atomic E-state index is -5.05. The summed E-state index contributed by atoms with van der Waals surface area (Å²) in [7, 11) is -10.1. The van der Waals surface area contributed by atoms with E-state index < -0.39 is 63.1 Å². The van der Waals surface area contributed by atoms with E-state index in [1.165, 1.54) is 12.1 Å². The Hall–Kier alpha value is -4.84. The molecule has 6 N–H and O–H groups in total. The lowest BCUT2D eigenvalue weighted by atomic mass is 10.0. The highest BCUT2D eigenvalue weighted by atomic mass is 32.2. The van der Waals surface area contributed by atoms with Gasteiger partial charge in [0.15, 0.2) is 0 Å². The largest absolute Gasteiger partial charge is 0.871 e. The molecule has 0 aliphatic carbocycles. The van der Waals surface area contributed by atoms with Crippen LogP contribution in [0, 0.1) is 10.1 Å². The zero-order chi connectivity index (χ0) is 28.5. The van der Waals surface area contributed by atoms with E-state index in [0.29, 0.717) is 5.69 Å². The van der Waals surface area contributed by atoms with Crippen molar-refractivity contribution in [3.8, 4) is 5.75 Å². The van der Waals surface area contributed by atoms with Gasteiger partial charge in [0, 0.05) is 17.5 Å². The smallest absolute Gasteiger partial charge is 0.296 e. The van der Waals surface area contributed by atoms with Crippen molar-refractivity contribution in [2.24, 2.45) is 10.2 Å². The van der Waals surface area contributed by atoms with Crippen LogP contribution in [0.2, 0.25) is 0 Å². The van der Waals surface area contributed by atoms with Crippen molar-refractivity contribution < 1.29 is 36.0 Å². The van der Waals surface area contributed by atoms with E-state index in [4.69, 9.17) is 5.73 Å². The normalized spacial score (nSPS) is 12.1. The Morgan fingerprint density at radius 1 is 0.846 bits per heavy atom. The Bertz CT molecular complexity index is 1850. The minimum absolute atomic E-state index is 0.0415. The Kier molecular flexibility index (Phi) is 7.07. The molecule has 15 nitrogen and oxygen atoms in total. The summed E-state index contributed by atoms with van der Waals surface area (Å²) in [4.78, 5) is 8.38. The quantitative estimate of drug-likeness (QED) is 0.0664. The van der Waals surface area contributed by atoms with Crippen molar-refractivity contribution >= 4 is 65.1 Å². The van der Waals surface area contributed by atoms with Crippen LogP contribution in [-0.2, 0) is 20.2 Å². The third kappa shape index (κ3) is 5.70. The number of nitrogens with one attached hydrogen (secondary N) is 2. The highest BCUT2D eigenvalue weighted by Gasteiger charge is 2.25. The third-order valence-electron chi connectivity index (χ3n) is 5.31. The van der Waals surface area contributed by atoms with Crippen molar-refractivity contribution in [3.63, 3.8) is 0 Å². The number of rotatable bonds is 8. The molecule has 0 aliphatic rings. The summed E-state index contributed by atoms with van der Waals surface area (Å²) < 4.78 is 68.0. The summed E-state index contributed by atoms with van der Waals surface area (Å²) in [5.41, 5.74) is 9.49. The number of azo groups is 1. The van der Waals surface area contributed by atoms with Gasteiger partial charge >= 0.3 is 0 Å². The number of nitro benzene ring substituents is 1. The Morgan fingerprint density at radius 3 is 2.00 bits per heavy atom. The van der Waals surface area contributed by atoms with Crippen molar-refractivity contribution in [2.45, 2.75) is 9.79 Å². The standard InChI is InChI=1S/C22H18N6O9S2/c23-19-18-12(11-17(39(35,36)37)21(22(18)29)27-24-13-4-2-1-3-5-13)10-16(38(32,33)34)20(19)26-25-14-6-8-15(9-7-14)28(30)31/h1-11,24,27,29H,23H2,(H,32,33,34)(H,35,36,37)/p-1. The molecule has 4 rings (SSSR count). The van der Waals surface area contributed by atoms with E-state index in [-0.39, 0.29) is 16.8 Å². The molecule has 0 radical (unpaired) electrons. The fourth-order valence-electron chi connectivity index (χ4n) is 3.53. The molecule has 39 heavy (non-hydrogen) atoms. The van der Waals surface area contributed by atoms with E-state index in [1.54, 1.807) is 30.3 Å². The number of anilines is 3. The SMILES string of the molecule is Nc1c(N=Nc2ccc([N+](=O)[O-])cc2)c(S(=O)(=O)O)cc2cc(S(=O)(=O)O)c(NNc3ccccc3)c([O-])c12.